The summed E-state index contributed by atoms with van der Waals surface area (Å²) in [5.41, 5.74) is 12.1. The van der Waals surface area contributed by atoms with Crippen LogP contribution in [-0.2, 0) is 32.2 Å². The topological polar surface area (TPSA) is 131 Å². The van der Waals surface area contributed by atoms with Crippen LogP contribution in [-0.4, -0.2) is 48.5 Å². The average molecular weight is 827 g/mol. The monoisotopic (exact) mass is 826 g/mol. The molecule has 0 fully saturated rings. The number of hydrogen-bond acceptors (Lipinski definition) is 10. The number of nitrogens with one attached hydrogen (secondary N) is 3. The second-order valence-electron chi connectivity index (χ2n) is 16.0. The minimum atomic E-state index is -0.502. The number of benzene rings is 5. The second-order valence-corrected chi connectivity index (χ2v) is 16.0. The van der Waals surface area contributed by atoms with Gasteiger partial charge in [-0.2, -0.15) is 0 Å². The Morgan fingerprint density at radius 2 is 1.21 bits per heavy atom. The molecule has 3 N–H and O–H groups in total. The molecule has 0 saturated heterocycles. The molecule has 3 aromatic heterocycles. The van der Waals surface area contributed by atoms with Gasteiger partial charge >= 0.3 is 6.09 Å². The van der Waals surface area contributed by atoms with Crippen LogP contribution in [0.2, 0.25) is 0 Å². The van der Waals surface area contributed by atoms with Gasteiger partial charge in [-0.3, -0.25) is 19.7 Å². The first-order valence-electron chi connectivity index (χ1n) is 21.5. The molecule has 0 aliphatic heterocycles. The van der Waals surface area contributed by atoms with Crippen LogP contribution in [0.25, 0.3) is 43.7 Å². The van der Waals surface area contributed by atoms with Gasteiger partial charge in [0, 0.05) is 53.2 Å². The SMILES string of the molecule is CNC(=O)Oc1ccc(CN(C)COc2ccc3c(=O)c4ccccc4oc3c2)cc1.c1ccc2c(NCNc3c4c(nc5ccccc35)CCCC4)c3c(nc2c1)CCCC3. The lowest BCUT2D eigenvalue weighted by molar-refractivity contribution is 0.147. The van der Waals surface area contributed by atoms with Gasteiger partial charge in [-0.1, -0.05) is 60.7 Å². The van der Waals surface area contributed by atoms with Gasteiger partial charge in [0.05, 0.1) is 28.5 Å². The molecule has 10 rings (SSSR count). The van der Waals surface area contributed by atoms with Gasteiger partial charge in [0.2, 0.25) is 5.43 Å². The van der Waals surface area contributed by atoms with E-state index in [1.807, 2.05) is 36.2 Å². The minimum Gasteiger partial charge on any atom is -0.478 e. The Kier molecular flexibility index (Phi) is 12.0. The molecule has 0 radical (unpaired) electrons. The van der Waals surface area contributed by atoms with Crippen molar-refractivity contribution in [3.05, 3.63) is 154 Å². The molecule has 0 spiro atoms. The van der Waals surface area contributed by atoms with Crippen molar-refractivity contribution < 1.29 is 18.7 Å². The van der Waals surface area contributed by atoms with E-state index in [0.29, 0.717) is 53.4 Å². The molecular weight excluding hydrogens is 777 g/mol. The molecule has 0 saturated carbocycles. The predicted octanol–water partition coefficient (Wildman–Crippen LogP) is 10.2. The Bertz CT molecular complexity index is 2870. The van der Waals surface area contributed by atoms with Crippen LogP contribution in [0, 0.1) is 0 Å². The van der Waals surface area contributed by atoms with Crippen LogP contribution < -0.4 is 30.9 Å². The fourth-order valence-corrected chi connectivity index (χ4v) is 8.60. The van der Waals surface area contributed by atoms with E-state index < -0.39 is 6.09 Å². The highest BCUT2D eigenvalue weighted by atomic mass is 16.6. The van der Waals surface area contributed by atoms with Crippen molar-refractivity contribution in [2.75, 3.05) is 38.1 Å². The molecule has 11 nitrogen and oxygen atoms in total. The first kappa shape index (κ1) is 40.4. The zero-order chi connectivity index (χ0) is 42.4. The predicted molar refractivity (Wildman–Crippen MR) is 247 cm³/mol. The molecule has 3 heterocycles. The summed E-state index contributed by atoms with van der Waals surface area (Å²) in [5.74, 6) is 1.10. The first-order valence-corrected chi connectivity index (χ1v) is 21.5. The molecule has 1 amide bonds. The zero-order valence-electron chi connectivity index (χ0n) is 35.1. The number of aromatic nitrogens is 2. The van der Waals surface area contributed by atoms with E-state index in [9.17, 15) is 9.59 Å². The van der Waals surface area contributed by atoms with Gasteiger partial charge in [-0.25, -0.2) is 4.79 Å². The third-order valence-electron chi connectivity index (χ3n) is 11.7. The van der Waals surface area contributed by atoms with Gasteiger partial charge in [0.25, 0.3) is 0 Å². The number of rotatable bonds is 10. The lowest BCUT2D eigenvalue weighted by Crippen LogP contribution is -2.23. The Balaban J connectivity index is 0.000000158. The summed E-state index contributed by atoms with van der Waals surface area (Å²) in [5, 5.41) is 13.5. The van der Waals surface area contributed by atoms with E-state index in [1.165, 1.54) is 77.4 Å². The third kappa shape index (κ3) is 8.75. The maximum absolute atomic E-state index is 12.6. The number of amides is 1. The Labute approximate surface area is 360 Å². The highest BCUT2D eigenvalue weighted by molar-refractivity contribution is 5.95. The molecular formula is C51H50N6O5. The summed E-state index contributed by atoms with van der Waals surface area (Å²) in [6.45, 7) is 1.69. The van der Waals surface area contributed by atoms with Crippen LogP contribution in [0.15, 0.2) is 124 Å². The number of nitrogens with zero attached hydrogens (tertiary/aromatic N) is 3. The first-order chi connectivity index (χ1) is 30.4. The number of fused-ring (bicyclic) bond motifs is 6. The van der Waals surface area contributed by atoms with Gasteiger partial charge in [-0.15, -0.1) is 0 Å². The lowest BCUT2D eigenvalue weighted by Gasteiger charge is -2.24. The largest absolute Gasteiger partial charge is 0.478 e. The third-order valence-corrected chi connectivity index (χ3v) is 11.7. The minimum absolute atomic E-state index is 0.0515. The zero-order valence-corrected chi connectivity index (χ0v) is 35.1. The van der Waals surface area contributed by atoms with Crippen molar-refractivity contribution in [1.29, 1.82) is 0 Å². The van der Waals surface area contributed by atoms with E-state index in [1.54, 1.807) is 42.5 Å². The molecule has 2 aliphatic carbocycles. The lowest BCUT2D eigenvalue weighted by atomic mass is 9.92. The summed E-state index contributed by atoms with van der Waals surface area (Å²) in [6.07, 6.45) is 8.88. The summed E-state index contributed by atoms with van der Waals surface area (Å²) < 4.78 is 16.8. The summed E-state index contributed by atoms with van der Waals surface area (Å²) in [4.78, 5) is 35.8. The standard InChI is InChI=1S/C27H28N4.C24H22N2O5/c1-5-13-22-18(9-1)26(19-10-2-6-14-23(19)30-22)28-17-29-27-20-11-3-7-15-24(20)31-25-16-8-4-12-21(25)27;1-25-24(28)30-17-9-7-16(8-10-17)14-26(2)15-29-18-11-12-20-22(13-18)31-21-6-4-3-5-19(21)23(20)27/h1,3,5,7,9,11,13,15H,2,4,6,8,10,12,14,16-17H2,(H,28,30)(H,29,31);3-13H,14-15H2,1-2H3,(H,25,28). The van der Waals surface area contributed by atoms with E-state index in [4.69, 9.17) is 23.9 Å². The van der Waals surface area contributed by atoms with E-state index >= 15 is 0 Å². The number of carbonyl (C=O) groups is 1. The Morgan fingerprint density at radius 1 is 0.661 bits per heavy atom. The smallest absolute Gasteiger partial charge is 0.412 e. The average Bonchev–Trinajstić information content (AvgIpc) is 3.31. The number of aryl methyl sites for hydroxylation is 2. The van der Waals surface area contributed by atoms with Crippen LogP contribution >= 0.6 is 0 Å². The number of hydrogen-bond donors (Lipinski definition) is 3. The van der Waals surface area contributed by atoms with Gasteiger partial charge < -0.3 is 29.8 Å². The van der Waals surface area contributed by atoms with Crippen LogP contribution in [0.1, 0.15) is 53.8 Å². The maximum atomic E-state index is 12.6. The summed E-state index contributed by atoms with van der Waals surface area (Å²) >= 11 is 0. The normalized spacial score (nSPS) is 13.3. The molecule has 314 valence electrons. The van der Waals surface area contributed by atoms with E-state index in [0.717, 1.165) is 42.3 Å². The number of carbonyl (C=O) groups excluding carboxylic acids is 1. The van der Waals surface area contributed by atoms with Crippen molar-refractivity contribution in [3.8, 4) is 11.5 Å². The number of anilines is 2. The molecule has 8 aromatic rings. The fourth-order valence-electron chi connectivity index (χ4n) is 8.60. The molecule has 5 aromatic carbocycles. The van der Waals surface area contributed by atoms with Crippen molar-refractivity contribution >= 4 is 61.2 Å². The van der Waals surface area contributed by atoms with E-state index in [2.05, 4.69) is 64.5 Å². The summed E-state index contributed by atoms with van der Waals surface area (Å²) in [7, 11) is 3.45. The molecule has 62 heavy (non-hydrogen) atoms. The van der Waals surface area contributed by atoms with Gasteiger partial charge in [-0.05, 0) is 124 Å². The molecule has 0 bridgehead atoms. The van der Waals surface area contributed by atoms with Crippen LogP contribution in [0.3, 0.4) is 0 Å². The van der Waals surface area contributed by atoms with Crippen molar-refractivity contribution in [1.82, 2.24) is 20.2 Å². The van der Waals surface area contributed by atoms with E-state index in [-0.39, 0.29) is 5.43 Å². The van der Waals surface area contributed by atoms with Crippen LogP contribution in [0.4, 0.5) is 16.2 Å². The van der Waals surface area contributed by atoms with Crippen LogP contribution in [0.5, 0.6) is 11.5 Å². The molecule has 11 heteroatoms. The number of ether oxygens (including phenoxy) is 2. The second kappa shape index (κ2) is 18.3. The highest BCUT2D eigenvalue weighted by Gasteiger charge is 2.20. The van der Waals surface area contributed by atoms with Crippen molar-refractivity contribution in [3.63, 3.8) is 0 Å². The van der Waals surface area contributed by atoms with Gasteiger partial charge in [0.1, 0.15) is 29.4 Å². The molecule has 0 atom stereocenters. The van der Waals surface area contributed by atoms with Crippen molar-refractivity contribution in [2.45, 2.75) is 57.9 Å². The number of pyridine rings is 2. The fraction of sp³-hybridized carbons (Fsp3) is 0.255. The molecule has 0 unspecified atom stereocenters. The molecule has 2 aliphatic rings. The Morgan fingerprint density at radius 3 is 1.84 bits per heavy atom. The quantitative estimate of drug-likeness (QED) is 0.0905. The van der Waals surface area contributed by atoms with Crippen molar-refractivity contribution in [2.24, 2.45) is 0 Å². The number of para-hydroxylation sites is 3. The maximum Gasteiger partial charge on any atom is 0.412 e. The highest BCUT2D eigenvalue weighted by Crippen LogP contribution is 2.35. The Hall–Kier alpha value is -6.98. The van der Waals surface area contributed by atoms with Gasteiger partial charge in [0.15, 0.2) is 0 Å². The summed E-state index contributed by atoms with van der Waals surface area (Å²) in [6, 6.07) is 36.8.